The number of benzene rings is 2. The molecule has 2 aromatic carbocycles. The number of aromatic nitrogens is 1. The number of carbonyl (C=O) groups is 1. The molecule has 1 aromatic heterocycles. The summed E-state index contributed by atoms with van der Waals surface area (Å²) in [6, 6.07) is 12.1. The second-order valence-electron chi connectivity index (χ2n) is 7.90. The Morgan fingerprint density at radius 3 is 2.64 bits per heavy atom. The van der Waals surface area contributed by atoms with E-state index in [1.54, 1.807) is 11.3 Å². The van der Waals surface area contributed by atoms with Crippen molar-refractivity contribution in [2.24, 2.45) is 0 Å². The smallest absolute Gasteiger partial charge is 0.319 e. The normalized spacial score (nSPS) is 13.5. The lowest BCUT2D eigenvalue weighted by atomic mass is 10.2. The lowest BCUT2D eigenvalue weighted by Gasteiger charge is -2.13. The molecule has 1 saturated carbocycles. The van der Waals surface area contributed by atoms with E-state index >= 15 is 0 Å². The lowest BCUT2D eigenvalue weighted by molar-refractivity contribution is 0.252. The average molecular weight is 487 g/mol. The molecule has 174 valence electrons. The van der Waals surface area contributed by atoms with Crippen molar-refractivity contribution >= 4 is 33.1 Å². The number of nitrogens with one attached hydrogen (secondary N) is 3. The van der Waals surface area contributed by atoms with Gasteiger partial charge in [-0.25, -0.2) is 22.9 Å². The number of aryl methyl sites for hydroxylation is 1. The van der Waals surface area contributed by atoms with Crippen molar-refractivity contribution in [2.75, 3.05) is 19.0 Å². The largest absolute Gasteiger partial charge is 0.495 e. The van der Waals surface area contributed by atoms with E-state index in [0.717, 1.165) is 29.1 Å². The number of amides is 2. The molecule has 3 N–H and O–H groups in total. The van der Waals surface area contributed by atoms with Crippen molar-refractivity contribution in [3.8, 4) is 16.3 Å². The maximum Gasteiger partial charge on any atom is 0.319 e. The van der Waals surface area contributed by atoms with Gasteiger partial charge in [-0.15, -0.1) is 11.3 Å². The molecule has 3 aromatic rings. The Balaban J connectivity index is 1.34. The summed E-state index contributed by atoms with van der Waals surface area (Å²) in [4.78, 5) is 17.1. The summed E-state index contributed by atoms with van der Waals surface area (Å²) in [5.41, 5.74) is 3.45. The maximum absolute atomic E-state index is 12.5. The van der Waals surface area contributed by atoms with Crippen molar-refractivity contribution in [3.05, 3.63) is 59.1 Å². The highest BCUT2D eigenvalue weighted by atomic mass is 32.2. The highest BCUT2D eigenvalue weighted by Gasteiger charge is 2.28. The SMILES string of the molecule is COc1ccc(S(=O)(=O)NC2CC2)cc1NC(=O)NCCc1csc(-c2ccc(C)cc2)n1. The zero-order valence-electron chi connectivity index (χ0n) is 18.4. The molecule has 1 heterocycles. The molecule has 0 radical (unpaired) electrons. The first kappa shape index (κ1) is 23.2. The van der Waals surface area contributed by atoms with Gasteiger partial charge >= 0.3 is 6.03 Å². The number of ether oxygens (including phenoxy) is 1. The van der Waals surface area contributed by atoms with E-state index in [2.05, 4.69) is 32.5 Å². The Morgan fingerprint density at radius 2 is 1.94 bits per heavy atom. The first-order valence-corrected chi connectivity index (χ1v) is 13.0. The highest BCUT2D eigenvalue weighted by Crippen LogP contribution is 2.29. The summed E-state index contributed by atoms with van der Waals surface area (Å²) < 4.78 is 32.9. The Kier molecular flexibility index (Phi) is 6.96. The molecule has 8 nitrogen and oxygen atoms in total. The van der Waals surface area contributed by atoms with E-state index in [9.17, 15) is 13.2 Å². The first-order chi connectivity index (χ1) is 15.8. The number of hydrogen-bond donors (Lipinski definition) is 3. The molecular formula is C23H26N4O4S2. The zero-order chi connectivity index (χ0) is 23.4. The predicted octanol–water partition coefficient (Wildman–Crippen LogP) is 3.93. The van der Waals surface area contributed by atoms with Crippen LogP contribution in [-0.2, 0) is 16.4 Å². The molecule has 4 rings (SSSR count). The van der Waals surface area contributed by atoms with Gasteiger partial charge in [0.1, 0.15) is 10.8 Å². The van der Waals surface area contributed by atoms with Crippen molar-refractivity contribution in [1.29, 1.82) is 0 Å². The summed E-state index contributed by atoms with van der Waals surface area (Å²) in [5, 5.41) is 8.39. The van der Waals surface area contributed by atoms with Crippen LogP contribution in [-0.4, -0.2) is 39.1 Å². The average Bonchev–Trinajstić information content (AvgIpc) is 3.47. The quantitative estimate of drug-likeness (QED) is 0.425. The monoisotopic (exact) mass is 486 g/mol. The van der Waals surface area contributed by atoms with Crippen LogP contribution < -0.4 is 20.1 Å². The minimum Gasteiger partial charge on any atom is -0.495 e. The fourth-order valence-electron chi connectivity index (χ4n) is 3.16. The van der Waals surface area contributed by atoms with Gasteiger partial charge in [-0.3, -0.25) is 0 Å². The number of nitrogens with zero attached hydrogens (tertiary/aromatic N) is 1. The number of sulfonamides is 1. The fourth-order valence-corrected chi connectivity index (χ4v) is 5.35. The van der Waals surface area contributed by atoms with Crippen molar-refractivity contribution < 1.29 is 17.9 Å². The molecule has 2 amide bonds. The molecule has 1 fully saturated rings. The highest BCUT2D eigenvalue weighted by molar-refractivity contribution is 7.89. The maximum atomic E-state index is 12.5. The van der Waals surface area contributed by atoms with Gasteiger partial charge in [0, 0.05) is 30.0 Å². The minimum absolute atomic E-state index is 0.00551. The number of urea groups is 1. The van der Waals surface area contributed by atoms with Crippen molar-refractivity contribution in [1.82, 2.24) is 15.0 Å². The molecule has 1 aliphatic rings. The van der Waals surface area contributed by atoms with E-state index in [4.69, 9.17) is 4.74 Å². The van der Waals surface area contributed by atoms with E-state index in [-0.39, 0.29) is 16.6 Å². The molecule has 0 aliphatic heterocycles. The van der Waals surface area contributed by atoms with Gasteiger partial charge in [0.2, 0.25) is 10.0 Å². The van der Waals surface area contributed by atoms with Gasteiger partial charge in [0.25, 0.3) is 0 Å². The first-order valence-electron chi connectivity index (χ1n) is 10.6. The molecule has 0 bridgehead atoms. The van der Waals surface area contributed by atoms with Crippen LogP contribution in [0.3, 0.4) is 0 Å². The summed E-state index contributed by atoms with van der Waals surface area (Å²) in [5.74, 6) is 0.373. The van der Waals surface area contributed by atoms with Gasteiger partial charge in [-0.05, 0) is 38.0 Å². The van der Waals surface area contributed by atoms with Crippen LogP contribution in [0, 0.1) is 6.92 Å². The molecule has 0 unspecified atom stereocenters. The molecule has 0 saturated heterocycles. The summed E-state index contributed by atoms with van der Waals surface area (Å²) >= 11 is 1.57. The number of anilines is 1. The number of thiazole rings is 1. The summed E-state index contributed by atoms with van der Waals surface area (Å²) in [6.45, 7) is 2.43. The molecule has 0 spiro atoms. The second-order valence-corrected chi connectivity index (χ2v) is 10.5. The summed E-state index contributed by atoms with van der Waals surface area (Å²) in [7, 11) is -2.18. The van der Waals surface area contributed by atoms with Gasteiger partial charge in [-0.1, -0.05) is 29.8 Å². The van der Waals surface area contributed by atoms with E-state index in [1.807, 2.05) is 24.4 Å². The number of rotatable bonds is 9. The summed E-state index contributed by atoms with van der Waals surface area (Å²) in [6.07, 6.45) is 2.26. The van der Waals surface area contributed by atoms with Crippen LogP contribution in [0.25, 0.3) is 10.6 Å². The fraction of sp³-hybridized carbons (Fsp3) is 0.304. The van der Waals surface area contributed by atoms with Crippen LogP contribution in [0.5, 0.6) is 5.75 Å². The van der Waals surface area contributed by atoms with Crippen LogP contribution in [0.15, 0.2) is 52.7 Å². The van der Waals surface area contributed by atoms with E-state index in [1.165, 1.54) is 30.9 Å². The topological polar surface area (TPSA) is 109 Å². The van der Waals surface area contributed by atoms with E-state index in [0.29, 0.717) is 18.7 Å². The molecule has 33 heavy (non-hydrogen) atoms. The molecule has 10 heteroatoms. The molecule has 0 atom stereocenters. The second kappa shape index (κ2) is 9.90. The lowest BCUT2D eigenvalue weighted by Crippen LogP contribution is -2.31. The van der Waals surface area contributed by atoms with Crippen LogP contribution in [0.2, 0.25) is 0 Å². The van der Waals surface area contributed by atoms with Crippen molar-refractivity contribution in [2.45, 2.75) is 37.1 Å². The third kappa shape index (κ3) is 6.10. The Morgan fingerprint density at radius 1 is 1.18 bits per heavy atom. The van der Waals surface area contributed by atoms with Gasteiger partial charge in [-0.2, -0.15) is 0 Å². The third-order valence-corrected chi connectivity index (χ3v) is 7.60. The Labute approximate surface area is 197 Å². The van der Waals surface area contributed by atoms with Crippen LogP contribution in [0.1, 0.15) is 24.1 Å². The van der Waals surface area contributed by atoms with Gasteiger partial charge < -0.3 is 15.4 Å². The number of hydrogen-bond acceptors (Lipinski definition) is 6. The predicted molar refractivity (Wildman–Crippen MR) is 129 cm³/mol. The van der Waals surface area contributed by atoms with Crippen LogP contribution >= 0.6 is 11.3 Å². The Bertz CT molecular complexity index is 1240. The molecule has 1 aliphatic carbocycles. The van der Waals surface area contributed by atoms with E-state index < -0.39 is 16.1 Å². The number of carbonyl (C=O) groups excluding carboxylic acids is 1. The van der Waals surface area contributed by atoms with Gasteiger partial charge in [0.05, 0.1) is 23.4 Å². The van der Waals surface area contributed by atoms with Crippen molar-refractivity contribution in [3.63, 3.8) is 0 Å². The number of methoxy groups -OCH3 is 1. The standard InChI is InChI=1S/C23H26N4O4S2/c1-15-3-5-16(6-4-15)22-25-18(14-32-22)11-12-24-23(28)26-20-13-19(9-10-21(20)31-2)33(29,30)27-17-7-8-17/h3-6,9-10,13-14,17,27H,7-8,11-12H2,1-2H3,(H2,24,26,28). The third-order valence-electron chi connectivity index (χ3n) is 5.15. The van der Waals surface area contributed by atoms with Crippen LogP contribution in [0.4, 0.5) is 10.5 Å². The Hall–Kier alpha value is -2.95. The zero-order valence-corrected chi connectivity index (χ0v) is 20.1. The van der Waals surface area contributed by atoms with Gasteiger partial charge in [0.15, 0.2) is 0 Å². The minimum atomic E-state index is -3.64. The molecular weight excluding hydrogens is 460 g/mol.